The van der Waals surface area contributed by atoms with Gasteiger partial charge >= 0.3 is 6.09 Å². The van der Waals surface area contributed by atoms with Crippen LogP contribution >= 0.6 is 11.3 Å². The minimum absolute atomic E-state index is 0.114. The van der Waals surface area contributed by atoms with Crippen LogP contribution < -0.4 is 10.5 Å². The van der Waals surface area contributed by atoms with E-state index >= 15 is 0 Å². The second-order valence-corrected chi connectivity index (χ2v) is 10.1. The zero-order chi connectivity index (χ0) is 24.5. The fourth-order valence-corrected chi connectivity index (χ4v) is 4.45. The van der Waals surface area contributed by atoms with Gasteiger partial charge in [-0.25, -0.2) is 9.78 Å². The number of anilines is 1. The molecular formula is C23H28N6O4S. The van der Waals surface area contributed by atoms with E-state index in [1.165, 1.54) is 21.9 Å². The Morgan fingerprint density at radius 1 is 1.15 bits per heavy atom. The van der Waals surface area contributed by atoms with Gasteiger partial charge in [0.05, 0.1) is 0 Å². The second kappa shape index (κ2) is 9.49. The molecule has 10 nitrogen and oxygen atoms in total. The first-order chi connectivity index (χ1) is 16.1. The zero-order valence-electron chi connectivity index (χ0n) is 19.8. The second-order valence-electron chi connectivity index (χ2n) is 9.11. The standard InChI is InChI=1S/C23H28N6O4S/c1-5-17(30)13-16-12-15(6-7-24-16)20-26-29-19(31)14-18(25-21(29)34-20)27-8-10-28(11-9-27)22(32)33-23(2,3)4/h6-7,12,14H,5,8-11,13H2,1-4H3. The van der Waals surface area contributed by atoms with Crippen molar-refractivity contribution in [2.45, 2.75) is 46.1 Å². The number of carbonyl (C=O) groups is 2. The number of fused-ring (bicyclic) bond motifs is 1. The summed E-state index contributed by atoms with van der Waals surface area (Å²) in [7, 11) is 0. The summed E-state index contributed by atoms with van der Waals surface area (Å²) < 4.78 is 6.73. The van der Waals surface area contributed by atoms with Crippen molar-refractivity contribution in [2.24, 2.45) is 0 Å². The highest BCUT2D eigenvalue weighted by atomic mass is 32.1. The predicted molar refractivity (Wildman–Crippen MR) is 129 cm³/mol. The minimum atomic E-state index is -0.541. The first kappa shape index (κ1) is 23.8. The summed E-state index contributed by atoms with van der Waals surface area (Å²) >= 11 is 1.30. The molecule has 0 aromatic carbocycles. The summed E-state index contributed by atoms with van der Waals surface area (Å²) in [6.45, 7) is 9.42. The van der Waals surface area contributed by atoms with Crippen molar-refractivity contribution in [3.63, 3.8) is 0 Å². The van der Waals surface area contributed by atoms with Gasteiger partial charge in [0.2, 0.25) is 4.96 Å². The number of ketones is 1. The van der Waals surface area contributed by atoms with Gasteiger partial charge in [-0.05, 0) is 32.9 Å². The lowest BCUT2D eigenvalue weighted by Gasteiger charge is -2.36. The number of nitrogens with zero attached hydrogens (tertiary/aromatic N) is 6. The van der Waals surface area contributed by atoms with Gasteiger partial charge in [-0.1, -0.05) is 18.3 Å². The number of ether oxygens (including phenoxy) is 1. The molecule has 0 spiro atoms. The van der Waals surface area contributed by atoms with Crippen LogP contribution in [0.3, 0.4) is 0 Å². The first-order valence-electron chi connectivity index (χ1n) is 11.2. The Hall–Kier alpha value is -3.34. The summed E-state index contributed by atoms with van der Waals surface area (Å²) in [5.74, 6) is 0.677. The van der Waals surface area contributed by atoms with E-state index in [2.05, 4.69) is 15.1 Å². The van der Waals surface area contributed by atoms with E-state index in [4.69, 9.17) is 4.74 Å². The number of rotatable bonds is 5. The maximum atomic E-state index is 12.8. The quantitative estimate of drug-likeness (QED) is 0.544. The van der Waals surface area contributed by atoms with Gasteiger partial charge < -0.3 is 14.5 Å². The Bertz CT molecular complexity index is 1270. The summed E-state index contributed by atoms with van der Waals surface area (Å²) in [5, 5.41) is 5.07. The molecule has 180 valence electrons. The van der Waals surface area contributed by atoms with Gasteiger partial charge in [-0.2, -0.15) is 9.61 Å². The molecular weight excluding hydrogens is 456 g/mol. The molecule has 11 heteroatoms. The third-order valence-corrected chi connectivity index (χ3v) is 6.28. The van der Waals surface area contributed by atoms with Crippen LogP contribution in [0.25, 0.3) is 15.5 Å². The van der Waals surface area contributed by atoms with Crippen LogP contribution in [0.2, 0.25) is 0 Å². The van der Waals surface area contributed by atoms with Crippen LogP contribution in [-0.4, -0.2) is 68.1 Å². The van der Waals surface area contributed by atoms with E-state index in [0.29, 0.717) is 54.1 Å². The van der Waals surface area contributed by atoms with Gasteiger partial charge in [0.1, 0.15) is 22.2 Å². The number of hydrogen-bond donors (Lipinski definition) is 0. The molecule has 0 radical (unpaired) electrons. The molecule has 0 unspecified atom stereocenters. The highest BCUT2D eigenvalue weighted by Crippen LogP contribution is 2.26. The maximum Gasteiger partial charge on any atom is 0.410 e. The van der Waals surface area contributed by atoms with Gasteiger partial charge in [0.15, 0.2) is 0 Å². The van der Waals surface area contributed by atoms with E-state index in [1.54, 1.807) is 17.2 Å². The Morgan fingerprint density at radius 2 is 1.88 bits per heavy atom. The van der Waals surface area contributed by atoms with Crippen molar-refractivity contribution in [3.05, 3.63) is 40.4 Å². The van der Waals surface area contributed by atoms with Gasteiger partial charge in [0, 0.05) is 62.5 Å². The predicted octanol–water partition coefficient (Wildman–Crippen LogP) is 2.79. The lowest BCUT2D eigenvalue weighted by atomic mass is 10.1. The van der Waals surface area contributed by atoms with Crippen LogP contribution in [0.4, 0.5) is 10.6 Å². The fraction of sp³-hybridized carbons (Fsp3) is 0.478. The van der Waals surface area contributed by atoms with Gasteiger partial charge in [-0.3, -0.25) is 14.6 Å². The number of carbonyl (C=O) groups excluding carboxylic acids is 2. The normalized spacial score (nSPS) is 14.5. The highest BCUT2D eigenvalue weighted by molar-refractivity contribution is 7.19. The molecule has 1 fully saturated rings. The molecule has 1 saturated heterocycles. The van der Waals surface area contributed by atoms with Crippen LogP contribution in [-0.2, 0) is 16.0 Å². The lowest BCUT2D eigenvalue weighted by Crippen LogP contribution is -2.50. The van der Waals surface area contributed by atoms with Crippen LogP contribution in [0.15, 0.2) is 29.2 Å². The SMILES string of the molecule is CCC(=O)Cc1cc(-c2nn3c(=O)cc(N4CCN(C(=O)OC(C)(C)C)CC4)nc3s2)ccn1. The topological polar surface area (TPSA) is 110 Å². The summed E-state index contributed by atoms with van der Waals surface area (Å²) in [6.07, 6.45) is 2.04. The third kappa shape index (κ3) is 5.41. The fourth-order valence-electron chi connectivity index (χ4n) is 3.56. The number of amides is 1. The molecule has 0 atom stereocenters. The maximum absolute atomic E-state index is 12.8. The van der Waals surface area contributed by atoms with Crippen LogP contribution in [0.5, 0.6) is 0 Å². The number of pyridine rings is 1. The Labute approximate surface area is 201 Å². The molecule has 0 aliphatic carbocycles. The van der Waals surface area contributed by atoms with Crippen LogP contribution in [0, 0.1) is 0 Å². The van der Waals surface area contributed by atoms with E-state index in [9.17, 15) is 14.4 Å². The Morgan fingerprint density at radius 3 is 2.56 bits per heavy atom. The van der Waals surface area contributed by atoms with Crippen molar-refractivity contribution in [1.82, 2.24) is 24.5 Å². The largest absolute Gasteiger partial charge is 0.444 e. The van der Waals surface area contributed by atoms with Crippen molar-refractivity contribution in [1.29, 1.82) is 0 Å². The smallest absolute Gasteiger partial charge is 0.410 e. The molecule has 0 bridgehead atoms. The van der Waals surface area contributed by atoms with Gasteiger partial charge in [0.25, 0.3) is 5.56 Å². The van der Waals surface area contributed by atoms with Crippen molar-refractivity contribution < 1.29 is 14.3 Å². The van der Waals surface area contributed by atoms with E-state index < -0.39 is 5.60 Å². The number of aromatic nitrogens is 4. The number of hydrogen-bond acceptors (Lipinski definition) is 9. The van der Waals surface area contributed by atoms with Gasteiger partial charge in [-0.15, -0.1) is 0 Å². The van der Waals surface area contributed by atoms with Crippen LogP contribution in [0.1, 0.15) is 39.8 Å². The first-order valence-corrected chi connectivity index (χ1v) is 12.1. The lowest BCUT2D eigenvalue weighted by molar-refractivity contribution is -0.118. The molecule has 0 saturated carbocycles. The van der Waals surface area contributed by atoms with Crippen molar-refractivity contribution >= 4 is 34.0 Å². The molecule has 34 heavy (non-hydrogen) atoms. The molecule has 1 aliphatic heterocycles. The summed E-state index contributed by atoms with van der Waals surface area (Å²) in [6, 6.07) is 5.10. The third-order valence-electron chi connectivity index (χ3n) is 5.32. The monoisotopic (exact) mass is 484 g/mol. The van der Waals surface area contributed by atoms with E-state index in [0.717, 1.165) is 5.56 Å². The van der Waals surface area contributed by atoms with E-state index in [-0.39, 0.29) is 23.9 Å². The highest BCUT2D eigenvalue weighted by Gasteiger charge is 2.27. The average Bonchev–Trinajstić information content (AvgIpc) is 3.23. The average molecular weight is 485 g/mol. The molecule has 4 heterocycles. The Balaban J connectivity index is 1.52. The van der Waals surface area contributed by atoms with Crippen molar-refractivity contribution in [2.75, 3.05) is 31.1 Å². The molecule has 0 N–H and O–H groups in total. The Kier molecular flexibility index (Phi) is 6.65. The molecule has 1 amide bonds. The minimum Gasteiger partial charge on any atom is -0.444 e. The molecule has 1 aliphatic rings. The van der Waals surface area contributed by atoms with Crippen molar-refractivity contribution in [3.8, 4) is 10.6 Å². The number of Topliss-reactive ketones (excluding diaryl/α,β-unsaturated/α-hetero) is 1. The molecule has 3 aromatic rings. The molecule has 4 rings (SSSR count). The number of piperazine rings is 1. The summed E-state index contributed by atoms with van der Waals surface area (Å²) in [4.78, 5) is 49.9. The van der Waals surface area contributed by atoms with E-state index in [1.807, 2.05) is 38.7 Å². The zero-order valence-corrected chi connectivity index (χ0v) is 20.6. The molecule has 3 aromatic heterocycles. The summed E-state index contributed by atoms with van der Waals surface area (Å²) in [5.41, 5.74) is 0.650.